The second kappa shape index (κ2) is 4.24. The summed E-state index contributed by atoms with van der Waals surface area (Å²) in [7, 11) is 0. The van der Waals surface area contributed by atoms with Crippen LogP contribution in [0.25, 0.3) is 22.6 Å². The van der Waals surface area contributed by atoms with Crippen molar-refractivity contribution < 1.29 is 14.3 Å². The van der Waals surface area contributed by atoms with Crippen molar-refractivity contribution >= 4 is 17.0 Å². The smallest absolute Gasteiger partial charge is 0.323 e. The van der Waals surface area contributed by atoms with Crippen LogP contribution in [0.1, 0.15) is 5.69 Å². The molecular formula is C13H11N3O3. The Morgan fingerprint density at radius 1 is 1.42 bits per heavy atom. The Morgan fingerprint density at radius 3 is 2.89 bits per heavy atom. The van der Waals surface area contributed by atoms with Gasteiger partial charge in [-0.2, -0.15) is 0 Å². The molecule has 0 bridgehead atoms. The number of carbonyl (C=O) groups is 1. The average Bonchev–Trinajstić information content (AvgIpc) is 2.93. The number of rotatable bonds is 3. The highest BCUT2D eigenvalue weighted by molar-refractivity contribution is 5.82. The number of aryl methyl sites for hydroxylation is 1. The number of aromatic nitrogens is 3. The SMILES string of the molecule is Cc1ncoc1-c1nc2ccccc2n1CC(=O)O. The van der Waals surface area contributed by atoms with Crippen LogP contribution in [-0.4, -0.2) is 25.6 Å². The van der Waals surface area contributed by atoms with Gasteiger partial charge >= 0.3 is 5.97 Å². The van der Waals surface area contributed by atoms with Crippen molar-refractivity contribution in [1.29, 1.82) is 0 Å². The molecule has 0 saturated heterocycles. The Kier molecular flexibility index (Phi) is 2.56. The van der Waals surface area contributed by atoms with E-state index in [2.05, 4.69) is 9.97 Å². The molecule has 0 aliphatic rings. The zero-order valence-electron chi connectivity index (χ0n) is 10.2. The van der Waals surface area contributed by atoms with Crippen LogP contribution in [0.2, 0.25) is 0 Å². The molecule has 0 fully saturated rings. The standard InChI is InChI=1S/C13H11N3O3/c1-8-12(19-7-14-8)13-15-9-4-2-3-5-10(9)16(13)6-11(17)18/h2-5,7H,6H2,1H3,(H,17,18). The molecule has 1 aromatic carbocycles. The van der Waals surface area contributed by atoms with Gasteiger partial charge in [-0.1, -0.05) is 12.1 Å². The Bertz CT molecular complexity index is 757. The first-order valence-electron chi connectivity index (χ1n) is 5.74. The monoisotopic (exact) mass is 257 g/mol. The van der Waals surface area contributed by atoms with Crippen LogP contribution in [0, 0.1) is 6.92 Å². The largest absolute Gasteiger partial charge is 0.480 e. The van der Waals surface area contributed by atoms with E-state index < -0.39 is 5.97 Å². The fraction of sp³-hybridized carbons (Fsp3) is 0.154. The minimum absolute atomic E-state index is 0.171. The molecule has 3 rings (SSSR count). The van der Waals surface area contributed by atoms with Crippen molar-refractivity contribution in [2.24, 2.45) is 0 Å². The fourth-order valence-electron chi connectivity index (χ4n) is 2.06. The molecule has 2 aromatic heterocycles. The summed E-state index contributed by atoms with van der Waals surface area (Å²) < 4.78 is 6.93. The van der Waals surface area contributed by atoms with Gasteiger partial charge in [0.05, 0.1) is 16.7 Å². The van der Waals surface area contributed by atoms with Crippen LogP contribution in [0.4, 0.5) is 0 Å². The molecule has 1 N–H and O–H groups in total. The second-order valence-corrected chi connectivity index (χ2v) is 4.17. The lowest BCUT2D eigenvalue weighted by molar-refractivity contribution is -0.137. The second-order valence-electron chi connectivity index (χ2n) is 4.17. The highest BCUT2D eigenvalue weighted by Crippen LogP contribution is 2.26. The first kappa shape index (κ1) is 11.5. The molecule has 0 unspecified atom stereocenters. The zero-order chi connectivity index (χ0) is 13.4. The maximum atomic E-state index is 11.0. The summed E-state index contributed by atoms with van der Waals surface area (Å²) in [6.45, 7) is 1.62. The van der Waals surface area contributed by atoms with Gasteiger partial charge in [0.2, 0.25) is 0 Å². The van der Waals surface area contributed by atoms with E-state index in [1.807, 2.05) is 24.3 Å². The Morgan fingerprint density at radius 2 is 2.21 bits per heavy atom. The number of carboxylic acid groups (broad SMARTS) is 1. The van der Waals surface area contributed by atoms with E-state index in [0.717, 1.165) is 11.0 Å². The van der Waals surface area contributed by atoms with Crippen LogP contribution < -0.4 is 0 Å². The van der Waals surface area contributed by atoms with Gasteiger partial charge in [-0.05, 0) is 19.1 Å². The molecular weight excluding hydrogens is 246 g/mol. The molecule has 2 heterocycles. The maximum absolute atomic E-state index is 11.0. The predicted octanol–water partition coefficient (Wildman–Crippen LogP) is 2.08. The van der Waals surface area contributed by atoms with Gasteiger partial charge in [-0.25, -0.2) is 9.97 Å². The summed E-state index contributed by atoms with van der Waals surface area (Å²) in [5.74, 6) is 0.0534. The fourth-order valence-corrected chi connectivity index (χ4v) is 2.06. The molecule has 0 radical (unpaired) electrons. The van der Waals surface area contributed by atoms with Gasteiger partial charge < -0.3 is 14.1 Å². The number of imidazole rings is 1. The van der Waals surface area contributed by atoms with Gasteiger partial charge in [0.25, 0.3) is 0 Å². The minimum Gasteiger partial charge on any atom is -0.480 e. The van der Waals surface area contributed by atoms with Crippen LogP contribution in [0.15, 0.2) is 35.1 Å². The molecule has 0 amide bonds. The minimum atomic E-state index is -0.929. The van der Waals surface area contributed by atoms with Gasteiger partial charge in [0.1, 0.15) is 6.54 Å². The summed E-state index contributed by atoms with van der Waals surface area (Å²) in [5.41, 5.74) is 2.17. The summed E-state index contributed by atoms with van der Waals surface area (Å²) in [5, 5.41) is 9.04. The number of carboxylic acids is 1. The third-order valence-electron chi connectivity index (χ3n) is 2.90. The highest BCUT2D eigenvalue weighted by atomic mass is 16.4. The van der Waals surface area contributed by atoms with Crippen molar-refractivity contribution in [3.8, 4) is 11.6 Å². The molecule has 6 nitrogen and oxygen atoms in total. The third-order valence-corrected chi connectivity index (χ3v) is 2.90. The molecule has 6 heteroatoms. The number of hydrogen-bond donors (Lipinski definition) is 1. The van der Waals surface area contributed by atoms with Crippen molar-refractivity contribution in [3.63, 3.8) is 0 Å². The van der Waals surface area contributed by atoms with Crippen molar-refractivity contribution in [2.45, 2.75) is 13.5 Å². The lowest BCUT2D eigenvalue weighted by atomic mass is 10.3. The van der Waals surface area contributed by atoms with E-state index in [1.165, 1.54) is 6.39 Å². The first-order chi connectivity index (χ1) is 9.16. The van der Waals surface area contributed by atoms with Crippen LogP contribution in [-0.2, 0) is 11.3 Å². The molecule has 3 aromatic rings. The van der Waals surface area contributed by atoms with E-state index in [0.29, 0.717) is 17.3 Å². The van der Waals surface area contributed by atoms with Crippen LogP contribution in [0.5, 0.6) is 0 Å². The normalized spacial score (nSPS) is 11.0. The van der Waals surface area contributed by atoms with Crippen LogP contribution in [0.3, 0.4) is 0 Å². The molecule has 96 valence electrons. The zero-order valence-corrected chi connectivity index (χ0v) is 10.2. The van der Waals surface area contributed by atoms with Crippen molar-refractivity contribution in [1.82, 2.24) is 14.5 Å². The van der Waals surface area contributed by atoms with Crippen molar-refractivity contribution in [3.05, 3.63) is 36.4 Å². The summed E-state index contributed by atoms with van der Waals surface area (Å²) in [4.78, 5) is 19.5. The molecule has 0 aliphatic heterocycles. The number of oxazole rings is 1. The quantitative estimate of drug-likeness (QED) is 0.776. The number of nitrogens with zero attached hydrogens (tertiary/aromatic N) is 3. The average molecular weight is 257 g/mol. The van der Waals surface area contributed by atoms with Gasteiger partial charge in [-0.3, -0.25) is 4.79 Å². The number of hydrogen-bond acceptors (Lipinski definition) is 4. The van der Waals surface area contributed by atoms with E-state index >= 15 is 0 Å². The molecule has 0 atom stereocenters. The Balaban J connectivity index is 2.28. The third kappa shape index (κ3) is 1.87. The summed E-state index contributed by atoms with van der Waals surface area (Å²) in [6.07, 6.45) is 1.33. The van der Waals surface area contributed by atoms with E-state index in [4.69, 9.17) is 9.52 Å². The molecule has 0 saturated carbocycles. The van der Waals surface area contributed by atoms with E-state index in [1.54, 1.807) is 11.5 Å². The van der Waals surface area contributed by atoms with Gasteiger partial charge in [0, 0.05) is 0 Å². The number of fused-ring (bicyclic) bond motifs is 1. The van der Waals surface area contributed by atoms with Crippen molar-refractivity contribution in [2.75, 3.05) is 0 Å². The van der Waals surface area contributed by atoms with E-state index in [9.17, 15) is 4.79 Å². The number of para-hydroxylation sites is 2. The Hall–Kier alpha value is -2.63. The first-order valence-corrected chi connectivity index (χ1v) is 5.74. The lowest BCUT2D eigenvalue weighted by Gasteiger charge is -2.04. The Labute approximate surface area is 108 Å². The highest BCUT2D eigenvalue weighted by Gasteiger charge is 2.18. The summed E-state index contributed by atoms with van der Waals surface area (Å²) in [6, 6.07) is 7.38. The summed E-state index contributed by atoms with van der Waals surface area (Å²) >= 11 is 0. The topological polar surface area (TPSA) is 81.2 Å². The predicted molar refractivity (Wildman–Crippen MR) is 67.6 cm³/mol. The number of aliphatic carboxylic acids is 1. The molecule has 19 heavy (non-hydrogen) atoms. The number of benzene rings is 1. The lowest BCUT2D eigenvalue weighted by Crippen LogP contribution is -2.10. The van der Waals surface area contributed by atoms with Crippen LogP contribution >= 0.6 is 0 Å². The van der Waals surface area contributed by atoms with Gasteiger partial charge in [0.15, 0.2) is 18.0 Å². The van der Waals surface area contributed by atoms with Gasteiger partial charge in [-0.15, -0.1) is 0 Å². The molecule has 0 spiro atoms. The molecule has 0 aliphatic carbocycles. The van der Waals surface area contributed by atoms with E-state index in [-0.39, 0.29) is 6.54 Å². The maximum Gasteiger partial charge on any atom is 0.323 e.